The lowest BCUT2D eigenvalue weighted by Gasteiger charge is -1.81. The van der Waals surface area contributed by atoms with E-state index in [0.717, 1.165) is 21.4 Å². The number of rotatable bonds is 0. The van der Waals surface area contributed by atoms with E-state index in [2.05, 4.69) is 6.07 Å². The molecule has 0 saturated carbocycles. The second-order valence-corrected chi connectivity index (χ2v) is 3.05. The third-order valence-electron chi connectivity index (χ3n) is 1.33. The number of hydrogen-bond donors (Lipinski definition) is 0. The van der Waals surface area contributed by atoms with Crippen LogP contribution in [0.5, 0.6) is 0 Å². The van der Waals surface area contributed by atoms with Crippen molar-refractivity contribution in [2.75, 3.05) is 0 Å². The first kappa shape index (κ1) is 5.86. The van der Waals surface area contributed by atoms with E-state index in [9.17, 15) is 4.39 Å². The van der Waals surface area contributed by atoms with Crippen LogP contribution < -0.4 is 0 Å². The summed E-state index contributed by atoms with van der Waals surface area (Å²) in [5.74, 6) is 0. The van der Waals surface area contributed by atoms with Crippen molar-refractivity contribution in [1.82, 2.24) is 0 Å². The van der Waals surface area contributed by atoms with Crippen LogP contribution in [0.25, 0.3) is 10.1 Å². The standard InChI is InChI=1S/C8H4FS/c9-8-5-6-3-1-2-4-7(6)10-8/h1,3-5H. The molecule has 49 valence electrons. The van der Waals surface area contributed by atoms with Crippen molar-refractivity contribution in [2.24, 2.45) is 0 Å². The van der Waals surface area contributed by atoms with Gasteiger partial charge in [0.1, 0.15) is 0 Å². The van der Waals surface area contributed by atoms with Crippen LogP contribution in [0.3, 0.4) is 0 Å². The highest BCUT2D eigenvalue weighted by atomic mass is 32.1. The van der Waals surface area contributed by atoms with E-state index < -0.39 is 0 Å². The summed E-state index contributed by atoms with van der Waals surface area (Å²) in [6.45, 7) is 0. The normalized spacial score (nSPS) is 10.5. The van der Waals surface area contributed by atoms with Gasteiger partial charge in [-0.25, -0.2) is 0 Å². The third kappa shape index (κ3) is 0.809. The van der Waals surface area contributed by atoms with Gasteiger partial charge in [-0.05, 0) is 23.6 Å². The Morgan fingerprint density at radius 1 is 1.50 bits per heavy atom. The van der Waals surface area contributed by atoms with Gasteiger partial charge in [-0.2, -0.15) is 4.39 Å². The molecule has 0 atom stereocenters. The maximum Gasteiger partial charge on any atom is 0.177 e. The molecule has 0 nitrogen and oxygen atoms in total. The molecular formula is C8H4FS. The molecule has 1 aromatic carbocycles. The molecule has 0 N–H and O–H groups in total. The molecule has 1 radical (unpaired) electrons. The minimum atomic E-state index is -0.130. The summed E-state index contributed by atoms with van der Waals surface area (Å²) in [5, 5.41) is 0.829. The maximum atomic E-state index is 12.5. The molecule has 0 amide bonds. The Hall–Kier alpha value is -0.890. The molecule has 1 heterocycles. The first-order chi connectivity index (χ1) is 4.86. The molecule has 0 saturated heterocycles. The van der Waals surface area contributed by atoms with E-state index in [1.54, 1.807) is 12.1 Å². The van der Waals surface area contributed by atoms with Gasteiger partial charge >= 0.3 is 0 Å². The first-order valence-corrected chi connectivity index (χ1v) is 3.73. The van der Waals surface area contributed by atoms with Gasteiger partial charge in [0.2, 0.25) is 0 Å². The number of benzene rings is 1. The number of halogens is 1. The molecule has 0 fully saturated rings. The molecule has 2 heteroatoms. The highest BCUT2D eigenvalue weighted by molar-refractivity contribution is 7.17. The minimum Gasteiger partial charge on any atom is -0.195 e. The second kappa shape index (κ2) is 2.06. The van der Waals surface area contributed by atoms with Crippen molar-refractivity contribution in [3.63, 3.8) is 0 Å². The predicted octanol–water partition coefficient (Wildman–Crippen LogP) is 2.84. The van der Waals surface area contributed by atoms with Gasteiger partial charge in [0.05, 0.1) is 0 Å². The molecule has 10 heavy (non-hydrogen) atoms. The average Bonchev–Trinajstić information content (AvgIpc) is 2.27. The minimum absolute atomic E-state index is 0.130. The van der Waals surface area contributed by atoms with Crippen LogP contribution in [-0.2, 0) is 0 Å². The fraction of sp³-hybridized carbons (Fsp3) is 0. The highest BCUT2D eigenvalue weighted by Gasteiger charge is 1.97. The fourth-order valence-corrected chi connectivity index (χ4v) is 1.66. The topological polar surface area (TPSA) is 0 Å². The molecule has 0 aliphatic rings. The summed E-state index contributed by atoms with van der Waals surface area (Å²) in [6.07, 6.45) is 0. The van der Waals surface area contributed by atoms with Crippen LogP contribution in [0, 0.1) is 11.2 Å². The molecular weight excluding hydrogens is 147 g/mol. The van der Waals surface area contributed by atoms with Crippen LogP contribution >= 0.6 is 11.3 Å². The van der Waals surface area contributed by atoms with Crippen LogP contribution in [0.15, 0.2) is 24.3 Å². The Labute approximate surface area is 61.9 Å². The summed E-state index contributed by atoms with van der Waals surface area (Å²) in [6, 6.07) is 9.86. The smallest absolute Gasteiger partial charge is 0.177 e. The zero-order valence-corrected chi connectivity index (χ0v) is 5.91. The molecule has 0 spiro atoms. The van der Waals surface area contributed by atoms with Gasteiger partial charge < -0.3 is 0 Å². The van der Waals surface area contributed by atoms with Gasteiger partial charge in [-0.3, -0.25) is 0 Å². The summed E-state index contributed by atoms with van der Waals surface area (Å²) in [5.41, 5.74) is 0. The van der Waals surface area contributed by atoms with Crippen LogP contribution in [0.4, 0.5) is 4.39 Å². The van der Waals surface area contributed by atoms with Gasteiger partial charge in [-0.15, -0.1) is 11.3 Å². The zero-order chi connectivity index (χ0) is 6.97. The second-order valence-electron chi connectivity index (χ2n) is 2.01. The van der Waals surface area contributed by atoms with Crippen molar-refractivity contribution in [3.8, 4) is 0 Å². The third-order valence-corrected chi connectivity index (χ3v) is 2.22. The van der Waals surface area contributed by atoms with Gasteiger partial charge in [0, 0.05) is 4.70 Å². The van der Waals surface area contributed by atoms with E-state index in [1.165, 1.54) is 6.07 Å². The lowest BCUT2D eigenvalue weighted by atomic mass is 10.3. The number of fused-ring (bicyclic) bond motifs is 1. The number of thiophene rings is 1. The first-order valence-electron chi connectivity index (χ1n) is 2.91. The quantitative estimate of drug-likeness (QED) is 0.543. The van der Waals surface area contributed by atoms with E-state index >= 15 is 0 Å². The van der Waals surface area contributed by atoms with Crippen LogP contribution in [0.1, 0.15) is 0 Å². The molecule has 0 bridgehead atoms. The Bertz CT molecular complexity index is 318. The van der Waals surface area contributed by atoms with Crippen molar-refractivity contribution >= 4 is 21.4 Å². The Morgan fingerprint density at radius 3 is 3.20 bits per heavy atom. The summed E-state index contributed by atoms with van der Waals surface area (Å²) >= 11 is 1.15. The van der Waals surface area contributed by atoms with E-state index in [0.29, 0.717) is 0 Å². The molecule has 1 aromatic heterocycles. The molecule has 0 unspecified atom stereocenters. The maximum absolute atomic E-state index is 12.5. The van der Waals surface area contributed by atoms with Gasteiger partial charge in [0.25, 0.3) is 0 Å². The Kier molecular flexibility index (Phi) is 1.21. The molecule has 0 aliphatic carbocycles. The molecule has 2 aromatic rings. The van der Waals surface area contributed by atoms with Crippen molar-refractivity contribution in [1.29, 1.82) is 0 Å². The van der Waals surface area contributed by atoms with Crippen molar-refractivity contribution < 1.29 is 4.39 Å². The predicted molar refractivity (Wildman–Crippen MR) is 40.6 cm³/mol. The lowest BCUT2D eigenvalue weighted by molar-refractivity contribution is 0.658. The summed E-state index contributed by atoms with van der Waals surface area (Å²) in [7, 11) is 0. The van der Waals surface area contributed by atoms with E-state index in [-0.39, 0.29) is 5.13 Å². The average molecular weight is 151 g/mol. The Morgan fingerprint density at radius 2 is 2.40 bits per heavy atom. The number of hydrogen-bond acceptors (Lipinski definition) is 1. The lowest BCUT2D eigenvalue weighted by Crippen LogP contribution is -1.57. The monoisotopic (exact) mass is 151 g/mol. The summed E-state index contributed by atoms with van der Waals surface area (Å²) in [4.78, 5) is 0. The van der Waals surface area contributed by atoms with E-state index in [4.69, 9.17) is 0 Å². The summed E-state index contributed by atoms with van der Waals surface area (Å²) < 4.78 is 13.5. The molecule has 0 aliphatic heterocycles. The fourth-order valence-electron chi connectivity index (χ4n) is 0.892. The Balaban J connectivity index is 2.88. The SMILES string of the molecule is Fc1cc2cc[c]cc2s1. The van der Waals surface area contributed by atoms with Crippen LogP contribution in [-0.4, -0.2) is 0 Å². The molecule has 2 rings (SSSR count). The van der Waals surface area contributed by atoms with Crippen molar-refractivity contribution in [3.05, 3.63) is 35.5 Å². The van der Waals surface area contributed by atoms with Crippen molar-refractivity contribution in [2.45, 2.75) is 0 Å². The largest absolute Gasteiger partial charge is 0.195 e. The van der Waals surface area contributed by atoms with Crippen LogP contribution in [0.2, 0.25) is 0 Å². The van der Waals surface area contributed by atoms with E-state index in [1.807, 2.05) is 6.07 Å². The van der Waals surface area contributed by atoms with Gasteiger partial charge in [0.15, 0.2) is 5.13 Å². The highest BCUT2D eigenvalue weighted by Crippen LogP contribution is 2.22. The van der Waals surface area contributed by atoms with Gasteiger partial charge in [-0.1, -0.05) is 12.1 Å². The zero-order valence-electron chi connectivity index (χ0n) is 5.10.